The first-order valence-electron chi connectivity index (χ1n) is 13.4. The fourth-order valence-electron chi connectivity index (χ4n) is 5.06. The van der Waals surface area contributed by atoms with Crippen LogP contribution in [0.15, 0.2) is 78.9 Å². The summed E-state index contributed by atoms with van der Waals surface area (Å²) < 4.78 is 11.2. The maximum absolute atomic E-state index is 13.1. The number of likely N-dealkylation sites (tertiary alicyclic amines) is 1. The Bertz CT molecular complexity index is 1260. The van der Waals surface area contributed by atoms with Crippen LogP contribution in [-0.4, -0.2) is 42.2 Å². The van der Waals surface area contributed by atoms with Crippen LogP contribution in [0, 0.1) is 11.8 Å². The lowest BCUT2D eigenvalue weighted by Gasteiger charge is -2.31. The molecular weight excluding hydrogens is 512 g/mol. The highest BCUT2D eigenvalue weighted by Gasteiger charge is 2.38. The van der Waals surface area contributed by atoms with Crippen LogP contribution in [0.5, 0.6) is 5.75 Å². The molecule has 1 heterocycles. The van der Waals surface area contributed by atoms with E-state index in [0.29, 0.717) is 37.0 Å². The van der Waals surface area contributed by atoms with E-state index in [9.17, 15) is 9.59 Å². The van der Waals surface area contributed by atoms with Crippen molar-refractivity contribution >= 4 is 29.4 Å². The van der Waals surface area contributed by atoms with Crippen LogP contribution in [0.3, 0.4) is 0 Å². The van der Waals surface area contributed by atoms with E-state index in [2.05, 4.69) is 29.2 Å². The summed E-state index contributed by atoms with van der Waals surface area (Å²) in [5, 5.41) is 0.665. The van der Waals surface area contributed by atoms with Crippen molar-refractivity contribution < 1.29 is 19.1 Å². The molecule has 0 radical (unpaired) electrons. The molecule has 206 valence electrons. The number of halogens is 1. The van der Waals surface area contributed by atoms with Crippen LogP contribution in [0.25, 0.3) is 0 Å². The molecule has 7 heteroatoms. The molecule has 0 spiro atoms. The fourth-order valence-corrected chi connectivity index (χ4v) is 5.19. The highest BCUT2D eigenvalue weighted by atomic mass is 35.5. The number of para-hydroxylation sites is 1. The van der Waals surface area contributed by atoms with Crippen LogP contribution in [-0.2, 0) is 22.5 Å². The van der Waals surface area contributed by atoms with Gasteiger partial charge in [0.2, 0.25) is 0 Å². The fraction of sp³-hybridized carbons (Fsp3) is 0.375. The molecule has 1 amide bonds. The first-order chi connectivity index (χ1) is 18.6. The van der Waals surface area contributed by atoms with E-state index in [4.69, 9.17) is 21.1 Å². The lowest BCUT2D eigenvalue weighted by atomic mass is 9.89. The van der Waals surface area contributed by atoms with Crippen molar-refractivity contribution in [2.75, 3.05) is 24.5 Å². The average molecular weight is 549 g/mol. The van der Waals surface area contributed by atoms with Crippen molar-refractivity contribution in [3.8, 4) is 5.75 Å². The van der Waals surface area contributed by atoms with Crippen LogP contribution in [0.2, 0.25) is 5.02 Å². The largest absolute Gasteiger partial charge is 0.444 e. The van der Waals surface area contributed by atoms with Crippen LogP contribution in [0.1, 0.15) is 38.8 Å². The lowest BCUT2D eigenvalue weighted by molar-refractivity contribution is -0.131. The summed E-state index contributed by atoms with van der Waals surface area (Å²) in [5.74, 6) is 0.631. The monoisotopic (exact) mass is 548 g/mol. The number of nitrogens with zero attached hydrogens (tertiary/aromatic N) is 2. The Morgan fingerprint density at radius 2 is 1.56 bits per heavy atom. The van der Waals surface area contributed by atoms with Gasteiger partial charge in [-0.05, 0) is 74.9 Å². The van der Waals surface area contributed by atoms with E-state index in [1.807, 2.05) is 80.3 Å². The summed E-state index contributed by atoms with van der Waals surface area (Å²) in [5.41, 5.74) is 2.60. The first-order valence-corrected chi connectivity index (χ1v) is 13.7. The number of rotatable bonds is 8. The molecule has 2 atom stereocenters. The molecule has 0 aliphatic carbocycles. The predicted octanol–water partition coefficient (Wildman–Crippen LogP) is 7.00. The van der Waals surface area contributed by atoms with E-state index in [1.165, 1.54) is 12.5 Å². The number of ether oxygens (including phenoxy) is 2. The standard InChI is InChI=1S/C32H37ClN2O4/c1-23(36)38-30-13-9-8-12-25(30)19-34(29-16-14-28(33)15-17-29)21-27-22-35(31(37)39-32(2,3)4)20-26(27)18-24-10-6-5-7-11-24/h5-17,26-27H,18-22H2,1-4H3/t26-,27-/m0/s1. The molecule has 1 saturated heterocycles. The van der Waals surface area contributed by atoms with Crippen molar-refractivity contribution in [1.82, 2.24) is 4.90 Å². The van der Waals surface area contributed by atoms with Crippen LogP contribution < -0.4 is 9.64 Å². The van der Waals surface area contributed by atoms with E-state index in [-0.39, 0.29) is 23.9 Å². The third kappa shape index (κ3) is 8.24. The van der Waals surface area contributed by atoms with Gasteiger partial charge < -0.3 is 19.3 Å². The van der Waals surface area contributed by atoms with Gasteiger partial charge in [-0.2, -0.15) is 0 Å². The predicted molar refractivity (Wildman–Crippen MR) is 155 cm³/mol. The summed E-state index contributed by atoms with van der Waals surface area (Å²) in [6, 6.07) is 25.8. The van der Waals surface area contributed by atoms with Gasteiger partial charge in [-0.1, -0.05) is 60.1 Å². The highest BCUT2D eigenvalue weighted by molar-refractivity contribution is 6.30. The molecule has 3 aromatic rings. The number of carbonyl (C=O) groups excluding carboxylic acids is 2. The molecule has 0 N–H and O–H groups in total. The second-order valence-electron chi connectivity index (χ2n) is 11.2. The quantitative estimate of drug-likeness (QED) is 0.224. The zero-order chi connectivity index (χ0) is 28.0. The number of esters is 1. The number of hydrogen-bond acceptors (Lipinski definition) is 5. The van der Waals surface area contributed by atoms with Crippen molar-refractivity contribution in [1.29, 1.82) is 0 Å². The molecule has 6 nitrogen and oxygen atoms in total. The third-order valence-corrected chi connectivity index (χ3v) is 7.06. The van der Waals surface area contributed by atoms with Crippen LogP contribution >= 0.6 is 11.6 Å². The normalized spacial score (nSPS) is 17.1. The van der Waals surface area contributed by atoms with Crippen molar-refractivity contribution in [2.45, 2.75) is 46.3 Å². The second kappa shape index (κ2) is 12.6. The maximum atomic E-state index is 13.1. The maximum Gasteiger partial charge on any atom is 0.410 e. The Labute approximate surface area is 236 Å². The second-order valence-corrected chi connectivity index (χ2v) is 11.6. The van der Waals surface area contributed by atoms with Crippen molar-refractivity contribution in [3.05, 3.63) is 95.0 Å². The minimum Gasteiger partial charge on any atom is -0.444 e. The van der Waals surface area contributed by atoms with Gasteiger partial charge in [-0.15, -0.1) is 0 Å². The highest BCUT2D eigenvalue weighted by Crippen LogP contribution is 2.32. The molecule has 0 saturated carbocycles. The average Bonchev–Trinajstić information content (AvgIpc) is 3.27. The zero-order valence-corrected chi connectivity index (χ0v) is 23.9. The summed E-state index contributed by atoms with van der Waals surface area (Å²) >= 11 is 6.22. The number of carbonyl (C=O) groups is 2. The van der Waals surface area contributed by atoms with Gasteiger partial charge in [-0.3, -0.25) is 4.79 Å². The molecule has 3 aromatic carbocycles. The van der Waals surface area contributed by atoms with Gasteiger partial charge in [0.15, 0.2) is 0 Å². The molecule has 0 aromatic heterocycles. The molecule has 39 heavy (non-hydrogen) atoms. The molecule has 4 rings (SSSR count). The van der Waals surface area contributed by atoms with Crippen molar-refractivity contribution in [3.63, 3.8) is 0 Å². The molecule has 1 aliphatic heterocycles. The van der Waals surface area contributed by atoms with Crippen molar-refractivity contribution in [2.24, 2.45) is 11.8 Å². The Balaban J connectivity index is 1.63. The molecule has 1 aliphatic rings. The zero-order valence-electron chi connectivity index (χ0n) is 23.1. The molecule has 0 bridgehead atoms. The first kappa shape index (κ1) is 28.5. The number of amides is 1. The summed E-state index contributed by atoms with van der Waals surface area (Å²) in [4.78, 5) is 28.9. The number of hydrogen-bond donors (Lipinski definition) is 0. The molecule has 1 fully saturated rings. The van der Waals surface area contributed by atoms with Gasteiger partial charge in [0.1, 0.15) is 11.4 Å². The third-order valence-electron chi connectivity index (χ3n) is 6.80. The van der Waals surface area contributed by atoms with Gasteiger partial charge in [0.05, 0.1) is 0 Å². The van der Waals surface area contributed by atoms with E-state index in [0.717, 1.165) is 17.7 Å². The molecular formula is C32H37ClN2O4. The van der Waals surface area contributed by atoms with E-state index < -0.39 is 5.60 Å². The summed E-state index contributed by atoms with van der Waals surface area (Å²) in [6.07, 6.45) is 0.588. The smallest absolute Gasteiger partial charge is 0.410 e. The SMILES string of the molecule is CC(=O)Oc1ccccc1CN(C[C@H]1CN(C(=O)OC(C)(C)C)C[C@@H]1Cc1ccccc1)c1ccc(Cl)cc1. The van der Waals surface area contributed by atoms with E-state index in [1.54, 1.807) is 0 Å². The topological polar surface area (TPSA) is 59.1 Å². The van der Waals surface area contributed by atoms with Gasteiger partial charge in [-0.25, -0.2) is 4.79 Å². The summed E-state index contributed by atoms with van der Waals surface area (Å²) in [7, 11) is 0. The Hall–Kier alpha value is -3.51. The lowest BCUT2D eigenvalue weighted by Crippen LogP contribution is -2.36. The Morgan fingerprint density at radius 1 is 0.923 bits per heavy atom. The van der Waals surface area contributed by atoms with Crippen LogP contribution in [0.4, 0.5) is 10.5 Å². The van der Waals surface area contributed by atoms with Gasteiger partial charge in [0.25, 0.3) is 0 Å². The van der Waals surface area contributed by atoms with Gasteiger partial charge >= 0.3 is 12.1 Å². The number of benzene rings is 3. The Kier molecular flexibility index (Phi) is 9.18. The van der Waals surface area contributed by atoms with Gasteiger partial charge in [0, 0.05) is 49.4 Å². The minimum absolute atomic E-state index is 0.189. The number of anilines is 1. The van der Waals surface area contributed by atoms with E-state index >= 15 is 0 Å². The summed E-state index contributed by atoms with van der Waals surface area (Å²) in [6.45, 7) is 9.55. The minimum atomic E-state index is -0.556. The molecule has 0 unspecified atom stereocenters. The Morgan fingerprint density at radius 3 is 2.23 bits per heavy atom.